The van der Waals surface area contributed by atoms with Crippen LogP contribution in [0.25, 0.3) is 0 Å². The van der Waals surface area contributed by atoms with E-state index in [1.54, 1.807) is 7.11 Å². The number of benzene rings is 2. The summed E-state index contributed by atoms with van der Waals surface area (Å²) in [6.07, 6.45) is 0.622. The van der Waals surface area contributed by atoms with Crippen molar-refractivity contribution in [3.8, 4) is 5.75 Å². The van der Waals surface area contributed by atoms with Gasteiger partial charge >= 0.3 is 5.97 Å². The molecule has 2 bridgehead atoms. The summed E-state index contributed by atoms with van der Waals surface area (Å²) < 4.78 is 5.56. The Kier molecular flexibility index (Phi) is 2.65. The molecular weight excluding hydrogens is 276 g/mol. The van der Waals surface area contributed by atoms with E-state index in [-0.39, 0.29) is 11.8 Å². The van der Waals surface area contributed by atoms with Crippen molar-refractivity contribution in [3.63, 3.8) is 0 Å². The average molecular weight is 294 g/mol. The van der Waals surface area contributed by atoms with Crippen molar-refractivity contribution in [1.29, 1.82) is 0 Å². The van der Waals surface area contributed by atoms with E-state index < -0.39 is 11.4 Å². The Labute approximate surface area is 129 Å². The van der Waals surface area contributed by atoms with Gasteiger partial charge < -0.3 is 9.84 Å². The zero-order valence-electron chi connectivity index (χ0n) is 12.7. The lowest BCUT2D eigenvalue weighted by Gasteiger charge is -2.49. The molecule has 0 aliphatic heterocycles. The molecule has 3 atom stereocenters. The summed E-state index contributed by atoms with van der Waals surface area (Å²) in [5.74, 6) is 0.129. The first-order chi connectivity index (χ1) is 10.6. The standard InChI is InChI=1S/C19H18O3/c1-19(18(20)21)10-14-11-6-3-4-7-12(11)17(19)13-8-5-9-15(22-2)16(13)14/h3-9,14,17H,10H2,1-2H3,(H,20,21). The number of carboxylic acid groups (broad SMARTS) is 1. The third kappa shape index (κ3) is 1.48. The largest absolute Gasteiger partial charge is 0.496 e. The molecule has 3 heteroatoms. The maximum Gasteiger partial charge on any atom is 0.310 e. The Morgan fingerprint density at radius 3 is 2.50 bits per heavy atom. The van der Waals surface area contributed by atoms with E-state index in [1.807, 2.05) is 31.2 Å². The predicted octanol–water partition coefficient (Wildman–Crippen LogP) is 3.77. The van der Waals surface area contributed by atoms with Crippen LogP contribution in [0.15, 0.2) is 42.5 Å². The number of hydrogen-bond acceptors (Lipinski definition) is 2. The Balaban J connectivity index is 2.06. The highest BCUT2D eigenvalue weighted by atomic mass is 16.5. The molecule has 2 aromatic carbocycles. The maximum absolute atomic E-state index is 12.0. The first-order valence-corrected chi connectivity index (χ1v) is 7.57. The molecule has 0 saturated heterocycles. The van der Waals surface area contributed by atoms with E-state index in [1.165, 1.54) is 11.1 Å². The number of hydrogen-bond donors (Lipinski definition) is 1. The first kappa shape index (κ1) is 13.4. The van der Waals surface area contributed by atoms with Crippen molar-refractivity contribution in [2.75, 3.05) is 7.11 Å². The Hall–Kier alpha value is -2.29. The van der Waals surface area contributed by atoms with Crippen LogP contribution in [0.2, 0.25) is 0 Å². The molecule has 3 aliphatic rings. The molecular formula is C19H18O3. The normalized spacial score (nSPS) is 27.9. The van der Waals surface area contributed by atoms with Gasteiger partial charge in [-0.1, -0.05) is 36.4 Å². The van der Waals surface area contributed by atoms with Crippen molar-refractivity contribution in [2.24, 2.45) is 5.41 Å². The third-order valence-corrected chi connectivity index (χ3v) is 5.42. The fourth-order valence-corrected chi connectivity index (χ4v) is 4.43. The Morgan fingerprint density at radius 2 is 1.82 bits per heavy atom. The van der Waals surface area contributed by atoms with Gasteiger partial charge in [-0.15, -0.1) is 0 Å². The lowest BCUT2D eigenvalue weighted by Crippen LogP contribution is -2.44. The number of ether oxygens (including phenoxy) is 1. The van der Waals surface area contributed by atoms with E-state index in [9.17, 15) is 9.90 Å². The Morgan fingerprint density at radius 1 is 1.14 bits per heavy atom. The predicted molar refractivity (Wildman–Crippen MR) is 83.5 cm³/mol. The molecule has 3 aliphatic carbocycles. The molecule has 2 aromatic rings. The molecule has 0 spiro atoms. The first-order valence-electron chi connectivity index (χ1n) is 7.57. The second-order valence-corrected chi connectivity index (χ2v) is 6.50. The fourth-order valence-electron chi connectivity index (χ4n) is 4.43. The van der Waals surface area contributed by atoms with Crippen LogP contribution >= 0.6 is 0 Å². The molecule has 3 nitrogen and oxygen atoms in total. The molecule has 0 saturated carbocycles. The quantitative estimate of drug-likeness (QED) is 0.917. The van der Waals surface area contributed by atoms with Crippen molar-refractivity contribution in [1.82, 2.24) is 0 Å². The van der Waals surface area contributed by atoms with Crippen LogP contribution in [0.5, 0.6) is 5.75 Å². The highest BCUT2D eigenvalue weighted by Crippen LogP contribution is 2.62. The SMILES string of the molecule is COc1cccc2c1C1CC(C)(C(=O)O)C2c2ccccc21. The van der Waals surface area contributed by atoms with Gasteiger partial charge in [-0.05, 0) is 36.1 Å². The maximum atomic E-state index is 12.0. The number of aliphatic carboxylic acids is 1. The molecule has 0 amide bonds. The molecule has 3 unspecified atom stereocenters. The number of carboxylic acids is 1. The van der Waals surface area contributed by atoms with E-state index in [4.69, 9.17) is 4.74 Å². The van der Waals surface area contributed by atoms with Gasteiger partial charge in [-0.25, -0.2) is 0 Å². The number of rotatable bonds is 2. The topological polar surface area (TPSA) is 46.5 Å². The number of carbonyl (C=O) groups is 1. The third-order valence-electron chi connectivity index (χ3n) is 5.42. The van der Waals surface area contributed by atoms with Crippen LogP contribution in [0, 0.1) is 5.41 Å². The van der Waals surface area contributed by atoms with Crippen LogP contribution in [0.3, 0.4) is 0 Å². The van der Waals surface area contributed by atoms with Crippen LogP contribution in [-0.2, 0) is 4.79 Å². The second-order valence-electron chi connectivity index (χ2n) is 6.50. The molecule has 22 heavy (non-hydrogen) atoms. The molecule has 112 valence electrons. The van der Waals surface area contributed by atoms with Gasteiger partial charge in [0.1, 0.15) is 5.75 Å². The highest BCUT2D eigenvalue weighted by Gasteiger charge is 2.54. The Bertz CT molecular complexity index is 780. The summed E-state index contributed by atoms with van der Waals surface area (Å²) in [6, 6.07) is 14.2. The summed E-state index contributed by atoms with van der Waals surface area (Å²) >= 11 is 0. The van der Waals surface area contributed by atoms with Gasteiger partial charge in [-0.2, -0.15) is 0 Å². The van der Waals surface area contributed by atoms with E-state index in [2.05, 4.69) is 18.2 Å². The van der Waals surface area contributed by atoms with E-state index in [0.29, 0.717) is 6.42 Å². The van der Waals surface area contributed by atoms with Crippen molar-refractivity contribution >= 4 is 5.97 Å². The fraction of sp³-hybridized carbons (Fsp3) is 0.316. The van der Waals surface area contributed by atoms with Gasteiger partial charge in [0.15, 0.2) is 0 Å². The number of fused-ring (bicyclic) bond motifs is 1. The molecule has 0 aromatic heterocycles. The van der Waals surface area contributed by atoms with Crippen molar-refractivity contribution in [2.45, 2.75) is 25.2 Å². The molecule has 0 heterocycles. The summed E-state index contributed by atoms with van der Waals surface area (Å²) in [7, 11) is 1.68. The van der Waals surface area contributed by atoms with E-state index >= 15 is 0 Å². The van der Waals surface area contributed by atoms with Crippen LogP contribution < -0.4 is 4.74 Å². The minimum atomic E-state index is -0.765. The molecule has 0 fully saturated rings. The minimum Gasteiger partial charge on any atom is -0.496 e. The van der Waals surface area contributed by atoms with E-state index in [0.717, 1.165) is 16.9 Å². The zero-order valence-corrected chi connectivity index (χ0v) is 12.7. The van der Waals surface area contributed by atoms with Gasteiger partial charge in [0.2, 0.25) is 0 Å². The zero-order chi connectivity index (χ0) is 15.5. The smallest absolute Gasteiger partial charge is 0.310 e. The average Bonchev–Trinajstić information content (AvgIpc) is 2.54. The lowest BCUT2D eigenvalue weighted by atomic mass is 9.52. The van der Waals surface area contributed by atoms with Gasteiger partial charge in [0, 0.05) is 17.4 Å². The second kappa shape index (κ2) is 4.35. The summed E-state index contributed by atoms with van der Waals surface area (Å²) in [6.45, 7) is 1.88. The minimum absolute atomic E-state index is 0.0912. The summed E-state index contributed by atoms with van der Waals surface area (Å²) in [5.41, 5.74) is 3.93. The molecule has 0 radical (unpaired) electrons. The lowest BCUT2D eigenvalue weighted by molar-refractivity contribution is -0.150. The van der Waals surface area contributed by atoms with Crippen LogP contribution in [-0.4, -0.2) is 18.2 Å². The van der Waals surface area contributed by atoms with Gasteiger partial charge in [-0.3, -0.25) is 4.79 Å². The highest BCUT2D eigenvalue weighted by molar-refractivity contribution is 5.80. The number of methoxy groups -OCH3 is 1. The van der Waals surface area contributed by atoms with Gasteiger partial charge in [0.05, 0.1) is 12.5 Å². The molecule has 1 N–H and O–H groups in total. The van der Waals surface area contributed by atoms with Crippen LogP contribution in [0.1, 0.15) is 47.4 Å². The summed E-state index contributed by atoms with van der Waals surface area (Å²) in [4.78, 5) is 12.0. The summed E-state index contributed by atoms with van der Waals surface area (Å²) in [5, 5.41) is 9.87. The van der Waals surface area contributed by atoms with Crippen molar-refractivity contribution < 1.29 is 14.6 Å². The van der Waals surface area contributed by atoms with Gasteiger partial charge in [0.25, 0.3) is 0 Å². The van der Waals surface area contributed by atoms with Crippen molar-refractivity contribution in [3.05, 3.63) is 64.7 Å². The molecule has 5 rings (SSSR count). The monoisotopic (exact) mass is 294 g/mol. The van der Waals surface area contributed by atoms with Crippen LogP contribution in [0.4, 0.5) is 0 Å².